The van der Waals surface area contributed by atoms with Crippen LogP contribution in [0.1, 0.15) is 11.1 Å². The third-order valence-electron chi connectivity index (χ3n) is 3.49. The fraction of sp³-hybridized carbons (Fsp3) is 0.133. The molecule has 0 unspecified atom stereocenters. The summed E-state index contributed by atoms with van der Waals surface area (Å²) in [6.07, 6.45) is 0. The van der Waals surface area contributed by atoms with Crippen LogP contribution in [0.2, 0.25) is 5.02 Å². The molecule has 94 valence electrons. The zero-order valence-corrected chi connectivity index (χ0v) is 12.3. The zero-order valence-electron chi connectivity index (χ0n) is 9.95. The number of hydrogen-bond donors (Lipinski definition) is 1. The van der Waals surface area contributed by atoms with Crippen LogP contribution < -0.4 is 5.32 Å². The molecule has 0 fully saturated rings. The van der Waals surface area contributed by atoms with Gasteiger partial charge in [0.1, 0.15) is 5.41 Å². The van der Waals surface area contributed by atoms with Gasteiger partial charge in [0.25, 0.3) is 0 Å². The summed E-state index contributed by atoms with van der Waals surface area (Å²) >= 11 is 9.54. The van der Waals surface area contributed by atoms with Crippen molar-refractivity contribution in [3.8, 4) is 6.07 Å². The second-order valence-corrected chi connectivity index (χ2v) is 5.92. The van der Waals surface area contributed by atoms with Crippen molar-refractivity contribution in [1.29, 1.82) is 5.26 Å². The van der Waals surface area contributed by atoms with Crippen LogP contribution in [0.25, 0.3) is 0 Å². The van der Waals surface area contributed by atoms with Crippen molar-refractivity contribution >= 4 is 33.2 Å². The minimum absolute atomic E-state index is 0.565. The van der Waals surface area contributed by atoms with E-state index in [-0.39, 0.29) is 0 Å². The summed E-state index contributed by atoms with van der Waals surface area (Å²) in [5.41, 5.74) is 2.22. The number of benzene rings is 2. The first-order valence-electron chi connectivity index (χ1n) is 5.87. The van der Waals surface area contributed by atoms with Crippen LogP contribution in [0, 0.1) is 11.3 Å². The Hall–Kier alpha value is -1.50. The van der Waals surface area contributed by atoms with Crippen molar-refractivity contribution in [2.75, 3.05) is 11.9 Å². The van der Waals surface area contributed by atoms with E-state index in [9.17, 15) is 5.26 Å². The normalized spacial score (nSPS) is 20.5. The van der Waals surface area contributed by atoms with Crippen LogP contribution in [0.4, 0.5) is 5.69 Å². The quantitative estimate of drug-likeness (QED) is 0.843. The van der Waals surface area contributed by atoms with Crippen LogP contribution in [0.5, 0.6) is 0 Å². The first kappa shape index (κ1) is 12.5. The van der Waals surface area contributed by atoms with E-state index in [0.717, 1.165) is 21.3 Å². The maximum Gasteiger partial charge on any atom is 0.126 e. The predicted molar refractivity (Wildman–Crippen MR) is 80.5 cm³/mol. The van der Waals surface area contributed by atoms with E-state index in [2.05, 4.69) is 27.3 Å². The van der Waals surface area contributed by atoms with E-state index in [1.54, 1.807) is 0 Å². The van der Waals surface area contributed by atoms with Gasteiger partial charge in [-0.15, -0.1) is 0 Å². The number of anilines is 1. The summed E-state index contributed by atoms with van der Waals surface area (Å²) in [4.78, 5) is 0. The van der Waals surface area contributed by atoms with Gasteiger partial charge in [0.05, 0.1) is 6.07 Å². The van der Waals surface area contributed by atoms with Crippen LogP contribution in [0.3, 0.4) is 0 Å². The molecule has 0 aromatic heterocycles. The molecule has 2 aromatic carbocycles. The molecule has 0 spiro atoms. The van der Waals surface area contributed by atoms with Gasteiger partial charge < -0.3 is 5.32 Å². The second kappa shape index (κ2) is 4.56. The van der Waals surface area contributed by atoms with E-state index >= 15 is 0 Å². The predicted octanol–water partition coefficient (Wildman–Crippen LogP) is 4.34. The third-order valence-corrected chi connectivity index (χ3v) is 4.22. The minimum Gasteiger partial charge on any atom is -0.382 e. The summed E-state index contributed by atoms with van der Waals surface area (Å²) in [6, 6.07) is 16.0. The highest BCUT2D eigenvalue weighted by Crippen LogP contribution is 2.43. The van der Waals surface area contributed by atoms with Gasteiger partial charge in [-0.05, 0) is 35.9 Å². The fourth-order valence-corrected chi connectivity index (χ4v) is 3.09. The molecule has 1 N–H and O–H groups in total. The fourth-order valence-electron chi connectivity index (χ4n) is 2.52. The first-order chi connectivity index (χ1) is 9.15. The number of nitriles is 1. The molecular weight excluding hydrogens is 324 g/mol. The lowest BCUT2D eigenvalue weighted by Gasteiger charge is -2.22. The molecular formula is C15H10BrClN2. The van der Waals surface area contributed by atoms with Gasteiger partial charge >= 0.3 is 0 Å². The van der Waals surface area contributed by atoms with Crippen molar-refractivity contribution < 1.29 is 0 Å². The summed E-state index contributed by atoms with van der Waals surface area (Å²) in [5.74, 6) is 0. The highest BCUT2D eigenvalue weighted by atomic mass is 79.9. The molecule has 0 saturated heterocycles. The van der Waals surface area contributed by atoms with E-state index < -0.39 is 5.41 Å². The lowest BCUT2D eigenvalue weighted by molar-refractivity contribution is 0.732. The number of rotatable bonds is 1. The van der Waals surface area contributed by atoms with Crippen LogP contribution >= 0.6 is 27.5 Å². The zero-order chi connectivity index (χ0) is 13.5. The van der Waals surface area contributed by atoms with E-state index in [4.69, 9.17) is 11.6 Å². The first-order valence-corrected chi connectivity index (χ1v) is 7.04. The molecule has 0 bridgehead atoms. The van der Waals surface area contributed by atoms with Crippen molar-refractivity contribution in [2.24, 2.45) is 0 Å². The van der Waals surface area contributed by atoms with Crippen LogP contribution in [0.15, 0.2) is 46.9 Å². The smallest absolute Gasteiger partial charge is 0.126 e. The van der Waals surface area contributed by atoms with E-state index in [1.165, 1.54) is 0 Å². The summed E-state index contributed by atoms with van der Waals surface area (Å²) in [6.45, 7) is 0.565. The molecule has 1 atom stereocenters. The Bertz CT molecular complexity index is 693. The number of fused-ring (bicyclic) bond motifs is 1. The van der Waals surface area contributed by atoms with Crippen LogP contribution in [-0.2, 0) is 5.41 Å². The molecule has 1 heterocycles. The Morgan fingerprint density at radius 1 is 1.26 bits per heavy atom. The molecule has 0 radical (unpaired) electrons. The molecule has 19 heavy (non-hydrogen) atoms. The molecule has 4 heteroatoms. The number of hydrogen-bond acceptors (Lipinski definition) is 2. The average Bonchev–Trinajstić information content (AvgIpc) is 2.78. The van der Waals surface area contributed by atoms with E-state index in [0.29, 0.717) is 11.6 Å². The SMILES string of the molecule is N#C[C@@]1(c2cccc(Br)c2)CNc2ccc(Cl)cc21. The van der Waals surface area contributed by atoms with Crippen molar-refractivity contribution in [1.82, 2.24) is 0 Å². The molecule has 2 nitrogen and oxygen atoms in total. The average molecular weight is 334 g/mol. The lowest BCUT2D eigenvalue weighted by Crippen LogP contribution is -2.28. The largest absolute Gasteiger partial charge is 0.382 e. The summed E-state index contributed by atoms with van der Waals surface area (Å²) < 4.78 is 0.968. The lowest BCUT2D eigenvalue weighted by atomic mass is 9.77. The Morgan fingerprint density at radius 2 is 2.11 bits per heavy atom. The summed E-state index contributed by atoms with van der Waals surface area (Å²) in [5, 5.41) is 13.7. The number of halogens is 2. The van der Waals surface area contributed by atoms with Gasteiger partial charge in [-0.25, -0.2) is 0 Å². The number of nitrogens with one attached hydrogen (secondary N) is 1. The Balaban J connectivity index is 2.24. The molecule has 1 aliphatic heterocycles. The number of nitrogens with zero attached hydrogens (tertiary/aromatic N) is 1. The maximum absolute atomic E-state index is 9.75. The van der Waals surface area contributed by atoms with Gasteiger partial charge in [-0.2, -0.15) is 5.26 Å². The minimum atomic E-state index is -0.677. The van der Waals surface area contributed by atoms with Gasteiger partial charge in [0.15, 0.2) is 0 Å². The van der Waals surface area contributed by atoms with Crippen molar-refractivity contribution in [2.45, 2.75) is 5.41 Å². The van der Waals surface area contributed by atoms with Gasteiger partial charge in [0, 0.05) is 27.3 Å². The van der Waals surface area contributed by atoms with Gasteiger partial charge in [0.2, 0.25) is 0 Å². The van der Waals surface area contributed by atoms with Gasteiger partial charge in [-0.3, -0.25) is 0 Å². The van der Waals surface area contributed by atoms with Crippen LogP contribution in [-0.4, -0.2) is 6.54 Å². The monoisotopic (exact) mass is 332 g/mol. The standard InChI is InChI=1S/C15H10BrClN2/c16-11-3-1-2-10(6-11)15(8-18)9-19-14-5-4-12(17)7-13(14)15/h1-7,19H,9H2/t15-/m0/s1. The van der Waals surface area contributed by atoms with E-state index in [1.807, 2.05) is 42.5 Å². The third kappa shape index (κ3) is 1.92. The highest BCUT2D eigenvalue weighted by molar-refractivity contribution is 9.10. The molecule has 2 aromatic rings. The van der Waals surface area contributed by atoms with Gasteiger partial charge in [-0.1, -0.05) is 39.7 Å². The topological polar surface area (TPSA) is 35.8 Å². The molecule has 0 aliphatic carbocycles. The van der Waals surface area contributed by atoms with Crippen molar-refractivity contribution in [3.05, 3.63) is 63.1 Å². The Morgan fingerprint density at radius 3 is 2.84 bits per heavy atom. The summed E-state index contributed by atoms with van der Waals surface area (Å²) in [7, 11) is 0. The molecule has 3 rings (SSSR count). The molecule has 0 amide bonds. The highest BCUT2D eigenvalue weighted by Gasteiger charge is 2.41. The Kier molecular flexibility index (Phi) is 3.00. The Labute approximate surface area is 125 Å². The van der Waals surface area contributed by atoms with Crippen molar-refractivity contribution in [3.63, 3.8) is 0 Å². The second-order valence-electron chi connectivity index (χ2n) is 4.57. The molecule has 0 saturated carbocycles. The maximum atomic E-state index is 9.75. The molecule has 1 aliphatic rings.